The van der Waals surface area contributed by atoms with Crippen LogP contribution in [0.15, 0.2) is 0 Å². The highest BCUT2D eigenvalue weighted by molar-refractivity contribution is 4.65. The van der Waals surface area contributed by atoms with Gasteiger partial charge in [0.15, 0.2) is 6.29 Å². The van der Waals surface area contributed by atoms with E-state index in [0.717, 1.165) is 0 Å². The van der Waals surface area contributed by atoms with E-state index in [1.165, 1.54) is 0 Å². The van der Waals surface area contributed by atoms with Crippen LogP contribution in [0.3, 0.4) is 0 Å². The Hall–Kier alpha value is -0.160. The molecule has 25 heavy (non-hydrogen) atoms. The summed E-state index contributed by atoms with van der Waals surface area (Å²) in [5.41, 5.74) is -0.425. The van der Waals surface area contributed by atoms with Gasteiger partial charge in [-0.2, -0.15) is 0 Å². The second-order valence-corrected chi connectivity index (χ2v) is 10.5. The van der Waals surface area contributed by atoms with Crippen molar-refractivity contribution < 1.29 is 18.9 Å². The van der Waals surface area contributed by atoms with Crippen molar-refractivity contribution in [2.45, 2.75) is 132 Å². The maximum atomic E-state index is 5.71. The van der Waals surface area contributed by atoms with Crippen molar-refractivity contribution in [2.75, 3.05) is 6.61 Å². The Morgan fingerprint density at radius 2 is 0.840 bits per heavy atom. The van der Waals surface area contributed by atoms with Gasteiger partial charge < -0.3 is 18.9 Å². The average Bonchev–Trinajstić information content (AvgIpc) is 2.17. The van der Waals surface area contributed by atoms with Gasteiger partial charge in [0.05, 0.1) is 35.1 Å². The Labute approximate surface area is 157 Å². The molecule has 0 aliphatic heterocycles. The molecule has 0 aromatic rings. The van der Waals surface area contributed by atoms with Crippen LogP contribution in [0.4, 0.5) is 0 Å². The number of rotatable bonds is 5. The molecule has 0 heterocycles. The third kappa shape index (κ3) is 26.2. The van der Waals surface area contributed by atoms with Crippen molar-refractivity contribution in [1.29, 1.82) is 0 Å². The molecule has 1 unspecified atom stereocenters. The molecule has 0 saturated heterocycles. The summed E-state index contributed by atoms with van der Waals surface area (Å²) in [4.78, 5) is 0. The zero-order chi connectivity index (χ0) is 20.7. The van der Waals surface area contributed by atoms with Gasteiger partial charge >= 0.3 is 0 Å². The van der Waals surface area contributed by atoms with Crippen LogP contribution >= 0.6 is 0 Å². The molecule has 0 aliphatic rings. The Balaban J connectivity index is 0. The molecule has 0 amide bonds. The summed E-state index contributed by atoms with van der Waals surface area (Å²) in [6.45, 7) is 29.1. The van der Waals surface area contributed by atoms with Crippen LogP contribution in [0.2, 0.25) is 0 Å². The summed E-state index contributed by atoms with van der Waals surface area (Å²) in [5.74, 6) is 0. The molecular weight excluding hydrogens is 316 g/mol. The maximum Gasteiger partial charge on any atom is 0.156 e. The van der Waals surface area contributed by atoms with Gasteiger partial charge in [0.1, 0.15) is 0 Å². The predicted octanol–water partition coefficient (Wildman–Crippen LogP) is 5.97. The number of ether oxygens (including phenoxy) is 4. The van der Waals surface area contributed by atoms with Gasteiger partial charge in [-0.25, -0.2) is 0 Å². The molecule has 154 valence electrons. The van der Waals surface area contributed by atoms with E-state index in [9.17, 15) is 0 Å². The second-order valence-electron chi connectivity index (χ2n) is 10.5. The SMILES string of the molecule is CC(COC(C)(C)C)OC(C)(C)C.CC(OC(C)(C)C)OC(C)(C)C. The molecule has 0 aromatic carbocycles. The van der Waals surface area contributed by atoms with Gasteiger partial charge in [-0.05, 0) is 96.9 Å². The van der Waals surface area contributed by atoms with Crippen molar-refractivity contribution in [1.82, 2.24) is 0 Å². The van der Waals surface area contributed by atoms with Crippen molar-refractivity contribution in [3.8, 4) is 0 Å². The molecule has 0 fully saturated rings. The van der Waals surface area contributed by atoms with Crippen molar-refractivity contribution in [2.24, 2.45) is 0 Å². The Morgan fingerprint density at radius 3 is 1.08 bits per heavy atom. The molecule has 0 aliphatic carbocycles. The monoisotopic (exact) mass is 362 g/mol. The smallest absolute Gasteiger partial charge is 0.156 e. The Bertz CT molecular complexity index is 321. The Kier molecular flexibility index (Phi) is 11.1. The fourth-order valence-corrected chi connectivity index (χ4v) is 2.02. The summed E-state index contributed by atoms with van der Waals surface area (Å²) in [6, 6.07) is 0. The largest absolute Gasteiger partial charge is 0.373 e. The predicted molar refractivity (Wildman–Crippen MR) is 107 cm³/mol. The summed E-state index contributed by atoms with van der Waals surface area (Å²) in [6.07, 6.45) is 0.00391. The lowest BCUT2D eigenvalue weighted by Gasteiger charge is -2.30. The molecule has 4 nitrogen and oxygen atoms in total. The lowest BCUT2D eigenvalue weighted by Crippen LogP contribution is -2.33. The van der Waals surface area contributed by atoms with Crippen molar-refractivity contribution in [3.05, 3.63) is 0 Å². The molecule has 4 heteroatoms. The van der Waals surface area contributed by atoms with Gasteiger partial charge in [-0.15, -0.1) is 0 Å². The second kappa shape index (κ2) is 10.2. The summed E-state index contributed by atoms with van der Waals surface area (Å²) in [7, 11) is 0. The van der Waals surface area contributed by atoms with Crippen molar-refractivity contribution in [3.63, 3.8) is 0 Å². The van der Waals surface area contributed by atoms with Crippen LogP contribution in [0, 0.1) is 0 Å². The molecule has 0 aromatic heterocycles. The van der Waals surface area contributed by atoms with E-state index >= 15 is 0 Å². The van der Waals surface area contributed by atoms with E-state index in [2.05, 4.69) is 41.5 Å². The van der Waals surface area contributed by atoms with E-state index in [1.54, 1.807) is 0 Å². The minimum absolute atomic E-state index is 0.0739. The zero-order valence-corrected chi connectivity index (χ0v) is 19.5. The number of hydrogen-bond donors (Lipinski definition) is 0. The van der Waals surface area contributed by atoms with Gasteiger partial charge in [0.25, 0.3) is 0 Å². The topological polar surface area (TPSA) is 36.9 Å². The third-order valence-electron chi connectivity index (χ3n) is 2.34. The normalized spacial score (nSPS) is 15.0. The van der Waals surface area contributed by atoms with Crippen molar-refractivity contribution >= 4 is 0 Å². The van der Waals surface area contributed by atoms with E-state index in [0.29, 0.717) is 6.61 Å². The first-order valence-electron chi connectivity index (χ1n) is 9.38. The highest BCUT2D eigenvalue weighted by atomic mass is 16.7. The summed E-state index contributed by atoms with van der Waals surface area (Å²) >= 11 is 0. The van der Waals surface area contributed by atoms with E-state index in [-0.39, 0.29) is 34.8 Å². The van der Waals surface area contributed by atoms with Crippen LogP contribution in [-0.2, 0) is 18.9 Å². The van der Waals surface area contributed by atoms with Crippen LogP contribution in [-0.4, -0.2) is 41.4 Å². The Morgan fingerprint density at radius 1 is 0.520 bits per heavy atom. The highest BCUT2D eigenvalue weighted by Gasteiger charge is 2.20. The van der Waals surface area contributed by atoms with E-state index in [1.807, 2.05) is 55.4 Å². The minimum atomic E-state index is -0.148. The van der Waals surface area contributed by atoms with E-state index in [4.69, 9.17) is 18.9 Å². The average molecular weight is 363 g/mol. The quantitative estimate of drug-likeness (QED) is 0.565. The summed E-state index contributed by atoms with van der Waals surface area (Å²) in [5, 5.41) is 0. The molecule has 0 N–H and O–H groups in total. The lowest BCUT2D eigenvalue weighted by molar-refractivity contribution is -0.224. The van der Waals surface area contributed by atoms with Crippen LogP contribution in [0.25, 0.3) is 0 Å². The first-order chi connectivity index (χ1) is 10.7. The van der Waals surface area contributed by atoms with Crippen LogP contribution < -0.4 is 0 Å². The molecular formula is C21H46O4. The maximum absolute atomic E-state index is 5.71. The molecule has 0 spiro atoms. The lowest BCUT2D eigenvalue weighted by atomic mass is 10.2. The van der Waals surface area contributed by atoms with Gasteiger partial charge in [-0.1, -0.05) is 0 Å². The molecule has 0 bridgehead atoms. The first kappa shape index (κ1) is 27.1. The van der Waals surface area contributed by atoms with Crippen LogP contribution in [0.5, 0.6) is 0 Å². The zero-order valence-electron chi connectivity index (χ0n) is 19.5. The minimum Gasteiger partial charge on any atom is -0.373 e. The standard InChI is InChI=1S/C11H24O2.C10H22O2/c1-9(13-11(5,6)7)8-12-10(2,3)4;1-8(11-9(2,3)4)12-10(5,6)7/h9H,8H2,1-7H3;8H,1-7H3. The van der Waals surface area contributed by atoms with E-state index < -0.39 is 0 Å². The fraction of sp³-hybridized carbons (Fsp3) is 1.00. The fourth-order valence-electron chi connectivity index (χ4n) is 2.02. The molecule has 0 rings (SSSR count). The molecule has 1 atom stereocenters. The molecule has 0 saturated carbocycles. The van der Waals surface area contributed by atoms with Gasteiger partial charge in [0, 0.05) is 0 Å². The van der Waals surface area contributed by atoms with Gasteiger partial charge in [0.2, 0.25) is 0 Å². The van der Waals surface area contributed by atoms with Crippen LogP contribution in [0.1, 0.15) is 96.9 Å². The van der Waals surface area contributed by atoms with Gasteiger partial charge in [-0.3, -0.25) is 0 Å². The molecule has 0 radical (unpaired) electrons. The summed E-state index contributed by atoms with van der Waals surface area (Å²) < 4.78 is 22.5. The first-order valence-corrected chi connectivity index (χ1v) is 9.38. The third-order valence-corrected chi connectivity index (χ3v) is 2.34. The highest BCUT2D eigenvalue weighted by Crippen LogP contribution is 2.17. The number of hydrogen-bond acceptors (Lipinski definition) is 4.